The third kappa shape index (κ3) is 5.16. The first-order valence-electron chi connectivity index (χ1n) is 6.02. The highest BCUT2D eigenvalue weighted by Gasteiger charge is 2.19. The van der Waals surface area contributed by atoms with Gasteiger partial charge in [0.15, 0.2) is 17.7 Å². The molecular weight excluding hydrogens is 331 g/mol. The Bertz CT molecular complexity index is 508. The molecule has 0 fully saturated rings. The molecule has 2 N–H and O–H groups in total. The molecule has 0 bridgehead atoms. The quantitative estimate of drug-likeness (QED) is 0.880. The highest BCUT2D eigenvalue weighted by Crippen LogP contribution is 2.22. The Balaban J connectivity index is 2.59. The van der Waals surface area contributed by atoms with Gasteiger partial charge in [-0.25, -0.2) is 9.18 Å². The number of urea groups is 1. The van der Waals surface area contributed by atoms with Gasteiger partial charge in [-0.15, -0.1) is 0 Å². The molecule has 0 heterocycles. The first-order valence-corrected chi connectivity index (χ1v) is 6.82. The average molecular weight is 347 g/mol. The van der Waals surface area contributed by atoms with Crippen molar-refractivity contribution in [3.05, 3.63) is 28.5 Å². The van der Waals surface area contributed by atoms with Crippen LogP contribution in [0.2, 0.25) is 0 Å². The number of ether oxygens (including phenoxy) is 1. The number of hydrogen-bond acceptors (Lipinski definition) is 3. The summed E-state index contributed by atoms with van der Waals surface area (Å²) in [6, 6.07) is 3.51. The van der Waals surface area contributed by atoms with Crippen LogP contribution >= 0.6 is 15.9 Å². The Kier molecular flexibility index (Phi) is 5.94. The Hall–Kier alpha value is -1.63. The molecule has 1 rings (SSSR count). The summed E-state index contributed by atoms with van der Waals surface area (Å²) in [7, 11) is 0. The summed E-state index contributed by atoms with van der Waals surface area (Å²) in [6.45, 7) is 4.96. The van der Waals surface area contributed by atoms with E-state index in [1.807, 2.05) is 0 Å². The van der Waals surface area contributed by atoms with Crippen LogP contribution in [0.3, 0.4) is 0 Å². The lowest BCUT2D eigenvalue weighted by atomic mass is 10.3. The van der Waals surface area contributed by atoms with E-state index >= 15 is 0 Å². The third-order valence-electron chi connectivity index (χ3n) is 2.22. The molecule has 0 unspecified atom stereocenters. The van der Waals surface area contributed by atoms with Crippen LogP contribution in [0.5, 0.6) is 5.75 Å². The van der Waals surface area contributed by atoms with Crippen LogP contribution in [0.15, 0.2) is 22.7 Å². The highest BCUT2D eigenvalue weighted by atomic mass is 79.9. The van der Waals surface area contributed by atoms with E-state index in [0.29, 0.717) is 4.47 Å². The zero-order valence-corrected chi connectivity index (χ0v) is 13.0. The molecule has 0 aliphatic rings. The van der Waals surface area contributed by atoms with Crippen LogP contribution in [0.25, 0.3) is 0 Å². The van der Waals surface area contributed by atoms with Crippen molar-refractivity contribution in [3.63, 3.8) is 0 Å². The SMILES string of the molecule is CC(C)NC(=O)NC(=O)[C@@H](C)Oc1ccc(Br)cc1F. The summed E-state index contributed by atoms with van der Waals surface area (Å²) in [4.78, 5) is 23.0. The minimum Gasteiger partial charge on any atom is -0.478 e. The van der Waals surface area contributed by atoms with Gasteiger partial charge in [0.1, 0.15) is 0 Å². The zero-order valence-electron chi connectivity index (χ0n) is 11.4. The van der Waals surface area contributed by atoms with E-state index in [9.17, 15) is 14.0 Å². The van der Waals surface area contributed by atoms with E-state index in [0.717, 1.165) is 0 Å². The minimum atomic E-state index is -0.997. The molecule has 1 aromatic rings. The number of imide groups is 1. The summed E-state index contributed by atoms with van der Waals surface area (Å²) in [5.74, 6) is -1.30. The van der Waals surface area contributed by atoms with Crippen molar-refractivity contribution in [1.82, 2.24) is 10.6 Å². The fourth-order valence-corrected chi connectivity index (χ4v) is 1.66. The molecule has 0 aromatic heterocycles. The van der Waals surface area contributed by atoms with Crippen molar-refractivity contribution in [2.45, 2.75) is 32.9 Å². The smallest absolute Gasteiger partial charge is 0.321 e. The van der Waals surface area contributed by atoms with E-state index < -0.39 is 23.9 Å². The average Bonchev–Trinajstić information content (AvgIpc) is 2.31. The maximum absolute atomic E-state index is 13.5. The number of hydrogen-bond donors (Lipinski definition) is 2. The second-order valence-corrected chi connectivity index (χ2v) is 5.37. The lowest BCUT2D eigenvalue weighted by molar-refractivity contribution is -0.126. The minimum absolute atomic E-state index is 0.0554. The first kappa shape index (κ1) is 16.4. The molecule has 110 valence electrons. The number of amides is 3. The van der Waals surface area contributed by atoms with Crippen LogP contribution in [0.4, 0.5) is 9.18 Å². The summed E-state index contributed by atoms with van der Waals surface area (Å²) in [5.41, 5.74) is 0. The van der Waals surface area contributed by atoms with E-state index in [4.69, 9.17) is 4.74 Å². The summed E-state index contributed by atoms with van der Waals surface area (Å²) in [5, 5.41) is 4.62. The first-order chi connectivity index (χ1) is 9.29. The van der Waals surface area contributed by atoms with Crippen molar-refractivity contribution in [1.29, 1.82) is 0 Å². The molecule has 1 atom stereocenters. The Morgan fingerprint density at radius 3 is 2.50 bits per heavy atom. The van der Waals surface area contributed by atoms with Gasteiger partial charge >= 0.3 is 6.03 Å². The molecule has 0 radical (unpaired) electrons. The van der Waals surface area contributed by atoms with Gasteiger partial charge in [-0.1, -0.05) is 15.9 Å². The molecule has 3 amide bonds. The number of carbonyl (C=O) groups is 2. The van der Waals surface area contributed by atoms with Gasteiger partial charge in [0.2, 0.25) is 0 Å². The zero-order chi connectivity index (χ0) is 15.3. The maximum Gasteiger partial charge on any atom is 0.321 e. The summed E-state index contributed by atoms with van der Waals surface area (Å²) < 4.78 is 19.3. The lowest BCUT2D eigenvalue weighted by Crippen LogP contribution is -2.47. The van der Waals surface area contributed by atoms with E-state index in [1.54, 1.807) is 19.9 Å². The Morgan fingerprint density at radius 2 is 1.95 bits per heavy atom. The second-order valence-electron chi connectivity index (χ2n) is 4.45. The molecule has 0 aliphatic carbocycles. The van der Waals surface area contributed by atoms with Crippen LogP contribution in [0, 0.1) is 5.82 Å². The number of rotatable bonds is 4. The fraction of sp³-hybridized carbons (Fsp3) is 0.385. The van der Waals surface area contributed by atoms with Crippen molar-refractivity contribution >= 4 is 27.9 Å². The van der Waals surface area contributed by atoms with Crippen LogP contribution in [0.1, 0.15) is 20.8 Å². The largest absolute Gasteiger partial charge is 0.478 e. The standard InChI is InChI=1S/C13H16BrFN2O3/c1-7(2)16-13(19)17-12(18)8(3)20-11-5-4-9(14)6-10(11)15/h4-8H,1-3H3,(H2,16,17,18,19)/t8-/m1/s1. The van der Waals surface area contributed by atoms with Gasteiger partial charge in [0, 0.05) is 10.5 Å². The predicted octanol–water partition coefficient (Wildman–Crippen LogP) is 2.59. The molecule has 0 saturated heterocycles. The Labute approximate surface area is 125 Å². The fourth-order valence-electron chi connectivity index (χ4n) is 1.33. The summed E-state index contributed by atoms with van der Waals surface area (Å²) in [6.07, 6.45) is -0.997. The van der Waals surface area contributed by atoms with Gasteiger partial charge in [0.05, 0.1) is 0 Å². The van der Waals surface area contributed by atoms with Gasteiger partial charge in [-0.3, -0.25) is 10.1 Å². The molecule has 1 aromatic carbocycles. The van der Waals surface area contributed by atoms with Gasteiger partial charge in [-0.2, -0.15) is 0 Å². The monoisotopic (exact) mass is 346 g/mol. The van der Waals surface area contributed by atoms with Crippen LogP contribution in [-0.2, 0) is 4.79 Å². The lowest BCUT2D eigenvalue weighted by Gasteiger charge is -2.15. The van der Waals surface area contributed by atoms with E-state index in [2.05, 4.69) is 26.6 Å². The van der Waals surface area contributed by atoms with Crippen molar-refractivity contribution in [2.75, 3.05) is 0 Å². The topological polar surface area (TPSA) is 67.4 Å². The highest BCUT2D eigenvalue weighted by molar-refractivity contribution is 9.10. The van der Waals surface area contributed by atoms with Crippen molar-refractivity contribution < 1.29 is 18.7 Å². The molecule has 5 nitrogen and oxygen atoms in total. The van der Waals surface area contributed by atoms with Crippen molar-refractivity contribution in [3.8, 4) is 5.75 Å². The predicted molar refractivity (Wildman–Crippen MR) is 76.0 cm³/mol. The summed E-state index contributed by atoms with van der Waals surface area (Å²) >= 11 is 3.12. The molecule has 0 spiro atoms. The van der Waals surface area contributed by atoms with Crippen LogP contribution < -0.4 is 15.4 Å². The molecule has 7 heteroatoms. The Morgan fingerprint density at radius 1 is 1.30 bits per heavy atom. The van der Waals surface area contributed by atoms with E-state index in [-0.39, 0.29) is 11.8 Å². The number of nitrogens with one attached hydrogen (secondary N) is 2. The van der Waals surface area contributed by atoms with Gasteiger partial charge in [-0.05, 0) is 39.0 Å². The van der Waals surface area contributed by atoms with Crippen LogP contribution in [-0.4, -0.2) is 24.1 Å². The third-order valence-corrected chi connectivity index (χ3v) is 2.72. The molecule has 0 aliphatic heterocycles. The molecule has 0 saturated carbocycles. The number of carbonyl (C=O) groups excluding carboxylic acids is 2. The van der Waals surface area contributed by atoms with Crippen molar-refractivity contribution in [2.24, 2.45) is 0 Å². The molecule has 20 heavy (non-hydrogen) atoms. The normalized spacial score (nSPS) is 11.9. The van der Waals surface area contributed by atoms with Gasteiger partial charge in [0.25, 0.3) is 5.91 Å². The number of halogens is 2. The van der Waals surface area contributed by atoms with E-state index in [1.165, 1.54) is 19.1 Å². The van der Waals surface area contributed by atoms with Gasteiger partial charge < -0.3 is 10.1 Å². The maximum atomic E-state index is 13.5. The second kappa shape index (κ2) is 7.23. The number of benzene rings is 1. The molecular formula is C13H16BrFN2O3.